The number of rotatable bonds is 6. The van der Waals surface area contributed by atoms with Gasteiger partial charge in [0, 0.05) is 30.9 Å². The summed E-state index contributed by atoms with van der Waals surface area (Å²) in [5, 5.41) is 16.5. The molecule has 0 aliphatic rings. The van der Waals surface area contributed by atoms with E-state index in [1.54, 1.807) is 12.1 Å². The van der Waals surface area contributed by atoms with Crippen molar-refractivity contribution in [3.05, 3.63) is 52.8 Å². The van der Waals surface area contributed by atoms with Crippen LogP contribution in [0.1, 0.15) is 34.1 Å². The molecule has 0 bridgehead atoms. The molecule has 1 heterocycles. The van der Waals surface area contributed by atoms with E-state index in [9.17, 15) is 4.79 Å². The summed E-state index contributed by atoms with van der Waals surface area (Å²) >= 11 is 0. The molecule has 0 amide bonds. The third-order valence-corrected chi connectivity index (χ3v) is 3.35. The number of aromatic nitrogens is 2. The highest BCUT2D eigenvalue weighted by Gasteiger charge is 2.05. The maximum Gasteiger partial charge on any atom is 0.335 e. The Bertz CT molecular complexity index is 593. The molecule has 2 N–H and O–H groups in total. The van der Waals surface area contributed by atoms with Gasteiger partial charge in [0.15, 0.2) is 0 Å². The van der Waals surface area contributed by atoms with Crippen LogP contribution < -0.4 is 5.32 Å². The number of benzene rings is 1. The molecule has 0 fully saturated rings. The summed E-state index contributed by atoms with van der Waals surface area (Å²) in [4.78, 5) is 10.8. The zero-order valence-electron chi connectivity index (χ0n) is 12.2. The molecular weight excluding hydrogens is 290 g/mol. The van der Waals surface area contributed by atoms with Gasteiger partial charge in [-0.25, -0.2) is 4.79 Å². The Morgan fingerprint density at radius 2 is 1.95 bits per heavy atom. The lowest BCUT2D eigenvalue weighted by atomic mass is 10.1. The molecule has 0 aliphatic carbocycles. The monoisotopic (exact) mass is 309 g/mol. The first-order chi connectivity index (χ1) is 9.61. The van der Waals surface area contributed by atoms with Crippen molar-refractivity contribution in [3.8, 4) is 0 Å². The number of aryl methyl sites for hydroxylation is 1. The number of nitrogens with zero attached hydrogens (tertiary/aromatic N) is 2. The number of hydrogen-bond acceptors (Lipinski definition) is 3. The van der Waals surface area contributed by atoms with Crippen molar-refractivity contribution in [1.82, 2.24) is 15.1 Å². The van der Waals surface area contributed by atoms with Crippen LogP contribution in [-0.2, 0) is 19.6 Å². The molecule has 0 unspecified atom stereocenters. The van der Waals surface area contributed by atoms with Crippen LogP contribution in [0.25, 0.3) is 0 Å². The standard InChI is InChI=1S/C15H19N3O2.ClH/c1-3-18-11(2)14(10-17-18)9-16-8-12-4-6-13(7-5-12)15(19)20;/h4-7,10,16H,3,8-9H2,1-2H3,(H,19,20);1H. The zero-order valence-corrected chi connectivity index (χ0v) is 13.0. The number of carboxylic acids is 1. The van der Waals surface area contributed by atoms with E-state index in [1.165, 1.54) is 11.3 Å². The number of carbonyl (C=O) groups is 1. The number of aromatic carboxylic acids is 1. The summed E-state index contributed by atoms with van der Waals surface area (Å²) < 4.78 is 1.97. The van der Waals surface area contributed by atoms with Gasteiger partial charge in [0.2, 0.25) is 0 Å². The lowest BCUT2D eigenvalue weighted by molar-refractivity contribution is 0.0697. The largest absolute Gasteiger partial charge is 0.478 e. The smallest absolute Gasteiger partial charge is 0.335 e. The number of carboxylic acid groups (broad SMARTS) is 1. The predicted molar refractivity (Wildman–Crippen MR) is 83.8 cm³/mol. The first-order valence-electron chi connectivity index (χ1n) is 6.66. The first-order valence-corrected chi connectivity index (χ1v) is 6.66. The fourth-order valence-electron chi connectivity index (χ4n) is 2.08. The Kier molecular flexibility index (Phi) is 6.39. The number of nitrogens with one attached hydrogen (secondary N) is 1. The van der Waals surface area contributed by atoms with Gasteiger partial charge in [0.25, 0.3) is 0 Å². The summed E-state index contributed by atoms with van der Waals surface area (Å²) in [6, 6.07) is 6.91. The van der Waals surface area contributed by atoms with Crippen LogP contribution in [-0.4, -0.2) is 20.9 Å². The average molecular weight is 310 g/mol. The van der Waals surface area contributed by atoms with Crippen LogP contribution in [0, 0.1) is 6.92 Å². The number of hydrogen-bond donors (Lipinski definition) is 2. The Labute approximate surface area is 130 Å². The molecule has 0 aliphatic heterocycles. The third kappa shape index (κ3) is 4.31. The Morgan fingerprint density at radius 3 is 2.48 bits per heavy atom. The zero-order chi connectivity index (χ0) is 14.5. The van der Waals surface area contributed by atoms with E-state index in [2.05, 4.69) is 24.3 Å². The second kappa shape index (κ2) is 7.81. The van der Waals surface area contributed by atoms with E-state index < -0.39 is 5.97 Å². The molecule has 6 heteroatoms. The van der Waals surface area contributed by atoms with Crippen molar-refractivity contribution in [2.45, 2.75) is 33.5 Å². The normalized spacial score (nSPS) is 10.2. The topological polar surface area (TPSA) is 67.2 Å². The Balaban J connectivity index is 0.00000220. The highest BCUT2D eigenvalue weighted by molar-refractivity contribution is 5.87. The highest BCUT2D eigenvalue weighted by Crippen LogP contribution is 2.08. The Hall–Kier alpha value is -1.85. The quantitative estimate of drug-likeness (QED) is 0.861. The molecule has 0 saturated carbocycles. The molecule has 0 radical (unpaired) electrons. The van der Waals surface area contributed by atoms with Gasteiger partial charge in [-0.2, -0.15) is 5.10 Å². The molecule has 0 spiro atoms. The van der Waals surface area contributed by atoms with E-state index in [0.29, 0.717) is 12.1 Å². The van der Waals surface area contributed by atoms with Crippen molar-refractivity contribution in [1.29, 1.82) is 0 Å². The molecule has 0 atom stereocenters. The van der Waals surface area contributed by atoms with E-state index >= 15 is 0 Å². The second-order valence-corrected chi connectivity index (χ2v) is 4.68. The molecule has 0 saturated heterocycles. The van der Waals surface area contributed by atoms with Gasteiger partial charge in [-0.3, -0.25) is 4.68 Å². The summed E-state index contributed by atoms with van der Waals surface area (Å²) in [5.74, 6) is -0.896. The minimum absolute atomic E-state index is 0. The van der Waals surface area contributed by atoms with E-state index in [-0.39, 0.29) is 12.4 Å². The summed E-state index contributed by atoms with van der Waals surface area (Å²) in [5.41, 5.74) is 3.75. The predicted octanol–water partition coefficient (Wildman–Crippen LogP) is 2.62. The lowest BCUT2D eigenvalue weighted by Crippen LogP contribution is -2.13. The molecule has 21 heavy (non-hydrogen) atoms. The molecular formula is C15H20ClN3O2. The van der Waals surface area contributed by atoms with Crippen LogP contribution >= 0.6 is 12.4 Å². The van der Waals surface area contributed by atoms with Crippen LogP contribution in [0.3, 0.4) is 0 Å². The lowest BCUT2D eigenvalue weighted by Gasteiger charge is -2.06. The molecule has 1 aromatic heterocycles. The molecule has 5 nitrogen and oxygen atoms in total. The van der Waals surface area contributed by atoms with Crippen molar-refractivity contribution in [2.24, 2.45) is 0 Å². The van der Waals surface area contributed by atoms with Crippen molar-refractivity contribution in [2.75, 3.05) is 0 Å². The maximum absolute atomic E-state index is 10.8. The van der Waals surface area contributed by atoms with Gasteiger partial charge in [0.1, 0.15) is 0 Å². The van der Waals surface area contributed by atoms with Gasteiger partial charge in [-0.05, 0) is 31.5 Å². The van der Waals surface area contributed by atoms with Gasteiger partial charge >= 0.3 is 5.97 Å². The van der Waals surface area contributed by atoms with Crippen molar-refractivity contribution in [3.63, 3.8) is 0 Å². The van der Waals surface area contributed by atoms with Crippen LogP contribution in [0.2, 0.25) is 0 Å². The van der Waals surface area contributed by atoms with E-state index in [4.69, 9.17) is 5.11 Å². The second-order valence-electron chi connectivity index (χ2n) is 4.68. The van der Waals surface area contributed by atoms with Gasteiger partial charge in [-0.15, -0.1) is 12.4 Å². The molecule has 1 aromatic carbocycles. The Morgan fingerprint density at radius 1 is 1.29 bits per heavy atom. The van der Waals surface area contributed by atoms with E-state index in [1.807, 2.05) is 23.0 Å². The maximum atomic E-state index is 10.8. The minimum atomic E-state index is -0.896. The van der Waals surface area contributed by atoms with Crippen LogP contribution in [0.4, 0.5) is 0 Å². The van der Waals surface area contributed by atoms with Crippen molar-refractivity contribution < 1.29 is 9.90 Å². The highest BCUT2D eigenvalue weighted by atomic mass is 35.5. The van der Waals surface area contributed by atoms with E-state index in [0.717, 1.165) is 18.7 Å². The third-order valence-electron chi connectivity index (χ3n) is 3.35. The fraction of sp³-hybridized carbons (Fsp3) is 0.333. The average Bonchev–Trinajstić information content (AvgIpc) is 2.80. The molecule has 2 aromatic rings. The molecule has 2 rings (SSSR count). The van der Waals surface area contributed by atoms with Crippen molar-refractivity contribution >= 4 is 18.4 Å². The fourth-order valence-corrected chi connectivity index (χ4v) is 2.08. The number of halogens is 1. The summed E-state index contributed by atoms with van der Waals surface area (Å²) in [7, 11) is 0. The SMILES string of the molecule is CCn1ncc(CNCc2ccc(C(=O)O)cc2)c1C.Cl. The van der Waals surface area contributed by atoms with Crippen LogP contribution in [0.15, 0.2) is 30.5 Å². The summed E-state index contributed by atoms with van der Waals surface area (Å²) in [6.07, 6.45) is 1.89. The van der Waals surface area contributed by atoms with Gasteiger partial charge < -0.3 is 10.4 Å². The van der Waals surface area contributed by atoms with Crippen LogP contribution in [0.5, 0.6) is 0 Å². The minimum Gasteiger partial charge on any atom is -0.478 e. The van der Waals surface area contributed by atoms with Gasteiger partial charge in [-0.1, -0.05) is 12.1 Å². The first kappa shape index (κ1) is 17.2. The van der Waals surface area contributed by atoms with Gasteiger partial charge in [0.05, 0.1) is 11.8 Å². The molecule has 114 valence electrons. The summed E-state index contributed by atoms with van der Waals surface area (Å²) in [6.45, 7) is 6.47.